The minimum atomic E-state index is -0.00162. The number of fused-ring (bicyclic) bond motifs is 1. The maximum Gasteiger partial charge on any atom is 0.231 e. The van der Waals surface area contributed by atoms with Crippen molar-refractivity contribution >= 4 is 11.6 Å². The van der Waals surface area contributed by atoms with Gasteiger partial charge in [-0.3, -0.25) is 9.59 Å². The lowest BCUT2D eigenvalue weighted by molar-refractivity contribution is -0.130. The third-order valence-electron chi connectivity index (χ3n) is 3.21. The lowest BCUT2D eigenvalue weighted by Gasteiger charge is -2.20. The Morgan fingerprint density at radius 1 is 1.00 bits per heavy atom. The largest absolute Gasteiger partial charge is 0.454 e. The van der Waals surface area contributed by atoms with Gasteiger partial charge < -0.3 is 9.47 Å². The molecule has 0 amide bonds. The van der Waals surface area contributed by atoms with Gasteiger partial charge in [0, 0.05) is 12.8 Å². The number of Topliss-reactive ketones (excluding diaryl/α,β-unsaturated/α-hetero) is 2. The smallest absolute Gasteiger partial charge is 0.231 e. The number of hydrogen-bond donors (Lipinski definition) is 0. The van der Waals surface area contributed by atoms with Gasteiger partial charge in [0.25, 0.3) is 0 Å². The quantitative estimate of drug-likeness (QED) is 0.693. The molecule has 0 spiro atoms. The second kappa shape index (κ2) is 3.87. The normalized spacial score (nSPS) is 19.8. The summed E-state index contributed by atoms with van der Waals surface area (Å²) in [6.07, 6.45) is 0.998. The fourth-order valence-corrected chi connectivity index (χ4v) is 2.39. The highest BCUT2D eigenvalue weighted by Gasteiger charge is 2.27. The van der Waals surface area contributed by atoms with Crippen molar-refractivity contribution in [1.82, 2.24) is 0 Å². The first kappa shape index (κ1) is 10.3. The van der Waals surface area contributed by atoms with Crippen molar-refractivity contribution in [2.75, 3.05) is 6.79 Å². The maximum atomic E-state index is 11.4. The summed E-state index contributed by atoms with van der Waals surface area (Å²) in [4.78, 5) is 22.8. The summed E-state index contributed by atoms with van der Waals surface area (Å²) in [7, 11) is 0. The monoisotopic (exact) mass is 232 g/mol. The second-order valence-corrected chi connectivity index (χ2v) is 4.47. The third kappa shape index (κ3) is 1.90. The van der Waals surface area contributed by atoms with E-state index in [0.717, 1.165) is 11.3 Å². The van der Waals surface area contributed by atoms with Crippen molar-refractivity contribution in [3.05, 3.63) is 23.8 Å². The van der Waals surface area contributed by atoms with Crippen LogP contribution in [-0.2, 0) is 9.59 Å². The molecular weight excluding hydrogens is 220 g/mol. The predicted molar refractivity (Wildman–Crippen MR) is 59.2 cm³/mol. The van der Waals surface area contributed by atoms with Gasteiger partial charge in [0.15, 0.2) is 11.5 Å². The molecule has 4 heteroatoms. The van der Waals surface area contributed by atoms with Crippen LogP contribution in [0.15, 0.2) is 18.2 Å². The van der Waals surface area contributed by atoms with Crippen molar-refractivity contribution in [3.63, 3.8) is 0 Å². The third-order valence-corrected chi connectivity index (χ3v) is 3.21. The van der Waals surface area contributed by atoms with Crippen LogP contribution >= 0.6 is 0 Å². The number of ketones is 2. The first-order valence-corrected chi connectivity index (χ1v) is 5.65. The maximum absolute atomic E-state index is 11.4. The fraction of sp³-hybridized carbons (Fsp3) is 0.385. The average molecular weight is 232 g/mol. The molecule has 1 aliphatic heterocycles. The molecule has 2 aliphatic rings. The summed E-state index contributed by atoms with van der Waals surface area (Å²) in [5.74, 6) is 1.49. The summed E-state index contributed by atoms with van der Waals surface area (Å²) in [6, 6.07) is 5.62. The Kier molecular flexibility index (Phi) is 2.35. The van der Waals surface area contributed by atoms with E-state index < -0.39 is 0 Å². The molecule has 1 aliphatic carbocycles. The van der Waals surface area contributed by atoms with E-state index in [-0.39, 0.29) is 30.7 Å². The van der Waals surface area contributed by atoms with Gasteiger partial charge in [-0.25, -0.2) is 0 Å². The van der Waals surface area contributed by atoms with Crippen LogP contribution in [0.2, 0.25) is 0 Å². The van der Waals surface area contributed by atoms with E-state index in [2.05, 4.69) is 0 Å². The molecule has 1 fully saturated rings. The Morgan fingerprint density at radius 2 is 1.71 bits per heavy atom. The minimum Gasteiger partial charge on any atom is -0.454 e. The lowest BCUT2D eigenvalue weighted by atomic mass is 9.82. The van der Waals surface area contributed by atoms with E-state index in [0.29, 0.717) is 18.6 Å². The molecule has 1 aromatic carbocycles. The summed E-state index contributed by atoms with van der Waals surface area (Å²) in [5.41, 5.74) is 0.982. The SMILES string of the molecule is O=C1CC(=O)CC(c2ccc3c(c2)OCO3)C1. The number of ether oxygens (including phenoxy) is 2. The van der Waals surface area contributed by atoms with Gasteiger partial charge in [-0.2, -0.15) is 0 Å². The van der Waals surface area contributed by atoms with E-state index in [1.54, 1.807) is 0 Å². The molecule has 0 N–H and O–H groups in total. The second-order valence-electron chi connectivity index (χ2n) is 4.47. The molecule has 0 aromatic heterocycles. The Hall–Kier alpha value is -1.84. The van der Waals surface area contributed by atoms with E-state index in [1.165, 1.54) is 0 Å². The molecule has 1 saturated carbocycles. The molecule has 1 aromatic rings. The molecule has 17 heavy (non-hydrogen) atoms. The van der Waals surface area contributed by atoms with Gasteiger partial charge in [-0.05, 0) is 23.6 Å². The van der Waals surface area contributed by atoms with Gasteiger partial charge in [0.05, 0.1) is 6.42 Å². The molecule has 0 saturated heterocycles. The van der Waals surface area contributed by atoms with Gasteiger partial charge in [0.1, 0.15) is 11.6 Å². The average Bonchev–Trinajstić information content (AvgIpc) is 2.74. The number of rotatable bonds is 1. The Bertz CT molecular complexity index is 476. The van der Waals surface area contributed by atoms with Crippen LogP contribution in [0, 0.1) is 0 Å². The molecule has 88 valence electrons. The minimum absolute atomic E-state index is 0.00162. The highest BCUT2D eigenvalue weighted by Crippen LogP contribution is 2.37. The zero-order chi connectivity index (χ0) is 11.8. The van der Waals surface area contributed by atoms with Crippen molar-refractivity contribution in [3.8, 4) is 11.5 Å². The van der Waals surface area contributed by atoms with Crippen LogP contribution in [0.4, 0.5) is 0 Å². The first-order valence-electron chi connectivity index (χ1n) is 5.65. The van der Waals surface area contributed by atoms with E-state index in [4.69, 9.17) is 9.47 Å². The molecule has 4 nitrogen and oxygen atoms in total. The zero-order valence-electron chi connectivity index (χ0n) is 9.27. The summed E-state index contributed by atoms with van der Waals surface area (Å²) >= 11 is 0. The standard InChI is InChI=1S/C13H12O4/c14-10-3-9(4-11(15)6-10)8-1-2-12-13(5-8)17-7-16-12/h1-2,5,9H,3-4,6-7H2. The van der Waals surface area contributed by atoms with Crippen molar-refractivity contribution < 1.29 is 19.1 Å². The summed E-state index contributed by atoms with van der Waals surface area (Å²) in [5, 5.41) is 0. The molecule has 0 atom stereocenters. The Labute approximate surface area is 98.5 Å². The van der Waals surface area contributed by atoms with Crippen molar-refractivity contribution in [2.24, 2.45) is 0 Å². The molecule has 0 bridgehead atoms. The highest BCUT2D eigenvalue weighted by atomic mass is 16.7. The summed E-state index contributed by atoms with van der Waals surface area (Å²) < 4.78 is 10.5. The van der Waals surface area contributed by atoms with Gasteiger partial charge in [0.2, 0.25) is 6.79 Å². The van der Waals surface area contributed by atoms with Crippen LogP contribution in [0.1, 0.15) is 30.7 Å². The summed E-state index contributed by atoms with van der Waals surface area (Å²) in [6.45, 7) is 0.237. The zero-order valence-corrected chi connectivity index (χ0v) is 9.27. The van der Waals surface area contributed by atoms with Crippen LogP contribution in [-0.4, -0.2) is 18.4 Å². The van der Waals surface area contributed by atoms with Crippen LogP contribution in [0.25, 0.3) is 0 Å². The molecule has 0 radical (unpaired) electrons. The highest BCUT2D eigenvalue weighted by molar-refractivity contribution is 6.02. The van der Waals surface area contributed by atoms with Gasteiger partial charge in [-0.15, -0.1) is 0 Å². The first-order chi connectivity index (χ1) is 8.22. The molecular formula is C13H12O4. The number of benzene rings is 1. The van der Waals surface area contributed by atoms with E-state index in [9.17, 15) is 9.59 Å². The van der Waals surface area contributed by atoms with Crippen molar-refractivity contribution in [1.29, 1.82) is 0 Å². The van der Waals surface area contributed by atoms with Crippen LogP contribution < -0.4 is 9.47 Å². The van der Waals surface area contributed by atoms with Gasteiger partial charge in [-0.1, -0.05) is 6.07 Å². The number of hydrogen-bond acceptors (Lipinski definition) is 4. The van der Waals surface area contributed by atoms with Gasteiger partial charge >= 0.3 is 0 Å². The predicted octanol–water partition coefficient (Wildman–Crippen LogP) is 1.82. The molecule has 0 unspecified atom stereocenters. The number of carbonyl (C=O) groups is 2. The molecule has 1 heterocycles. The lowest BCUT2D eigenvalue weighted by Crippen LogP contribution is -2.21. The number of carbonyl (C=O) groups excluding carboxylic acids is 2. The van der Waals surface area contributed by atoms with E-state index >= 15 is 0 Å². The fourth-order valence-electron chi connectivity index (χ4n) is 2.39. The molecule has 3 rings (SSSR count). The topological polar surface area (TPSA) is 52.6 Å². The van der Waals surface area contributed by atoms with Crippen LogP contribution in [0.3, 0.4) is 0 Å². The Morgan fingerprint density at radius 3 is 2.47 bits per heavy atom. The van der Waals surface area contributed by atoms with E-state index in [1.807, 2.05) is 18.2 Å². The van der Waals surface area contributed by atoms with Crippen LogP contribution in [0.5, 0.6) is 11.5 Å². The Balaban J connectivity index is 1.88. The van der Waals surface area contributed by atoms with Crippen molar-refractivity contribution in [2.45, 2.75) is 25.2 Å².